The molecule has 0 aliphatic heterocycles. The van der Waals surface area contributed by atoms with Crippen molar-refractivity contribution in [3.05, 3.63) is 69.8 Å². The molecule has 0 saturated carbocycles. The van der Waals surface area contributed by atoms with Crippen molar-refractivity contribution in [1.82, 2.24) is 5.32 Å². The summed E-state index contributed by atoms with van der Waals surface area (Å²) in [4.78, 5) is 35.2. The standard InChI is InChI=1S/C20H23N3O5/c1-3-7-16(20(25)26)21-18(14-8-5-4-6-9-14)19(24)22-15-11-10-13(2)12-17(15)23(27)28/h4-6,8-12,16,18,21H,3,7H2,1-2H3,(H,22,24)(H,25,26). The van der Waals surface area contributed by atoms with Crippen LogP contribution in [0.3, 0.4) is 0 Å². The minimum Gasteiger partial charge on any atom is -0.480 e. The third-order valence-electron chi connectivity index (χ3n) is 4.25. The first-order valence-electron chi connectivity index (χ1n) is 8.93. The van der Waals surface area contributed by atoms with Crippen molar-refractivity contribution in [2.75, 3.05) is 5.32 Å². The second-order valence-electron chi connectivity index (χ2n) is 6.46. The maximum atomic E-state index is 12.9. The van der Waals surface area contributed by atoms with Crippen molar-refractivity contribution in [2.24, 2.45) is 0 Å². The minimum absolute atomic E-state index is 0.0608. The van der Waals surface area contributed by atoms with Gasteiger partial charge in [0.2, 0.25) is 5.91 Å². The van der Waals surface area contributed by atoms with Crippen molar-refractivity contribution in [3.63, 3.8) is 0 Å². The van der Waals surface area contributed by atoms with E-state index in [4.69, 9.17) is 0 Å². The molecule has 8 heteroatoms. The molecule has 3 N–H and O–H groups in total. The molecule has 0 bridgehead atoms. The number of hydrogen-bond donors (Lipinski definition) is 3. The Morgan fingerprint density at radius 3 is 2.43 bits per heavy atom. The summed E-state index contributed by atoms with van der Waals surface area (Å²) in [7, 11) is 0. The fourth-order valence-electron chi connectivity index (χ4n) is 2.84. The van der Waals surface area contributed by atoms with Crippen LogP contribution in [0, 0.1) is 17.0 Å². The summed E-state index contributed by atoms with van der Waals surface area (Å²) >= 11 is 0. The Bertz CT molecular complexity index is 854. The summed E-state index contributed by atoms with van der Waals surface area (Å²) in [5.41, 5.74) is 1.10. The number of hydrogen-bond acceptors (Lipinski definition) is 5. The van der Waals surface area contributed by atoms with Crippen LogP contribution in [0.4, 0.5) is 11.4 Å². The topological polar surface area (TPSA) is 122 Å². The lowest BCUT2D eigenvalue weighted by atomic mass is 10.0. The highest BCUT2D eigenvalue weighted by Gasteiger charge is 2.28. The molecule has 0 saturated heterocycles. The van der Waals surface area contributed by atoms with Gasteiger partial charge in [0.1, 0.15) is 17.8 Å². The highest BCUT2D eigenvalue weighted by Crippen LogP contribution is 2.27. The molecule has 2 unspecified atom stereocenters. The number of nitrogens with zero attached hydrogens (tertiary/aromatic N) is 1. The molecule has 0 spiro atoms. The van der Waals surface area contributed by atoms with E-state index in [9.17, 15) is 24.8 Å². The van der Waals surface area contributed by atoms with Gasteiger partial charge in [-0.05, 0) is 30.5 Å². The lowest BCUT2D eigenvalue weighted by Crippen LogP contribution is -2.43. The highest BCUT2D eigenvalue weighted by molar-refractivity contribution is 5.97. The van der Waals surface area contributed by atoms with Crippen LogP contribution in [0.2, 0.25) is 0 Å². The van der Waals surface area contributed by atoms with Crippen molar-refractivity contribution in [1.29, 1.82) is 0 Å². The third kappa shape index (κ3) is 5.37. The van der Waals surface area contributed by atoms with Gasteiger partial charge in [0, 0.05) is 6.07 Å². The first-order chi connectivity index (χ1) is 13.3. The SMILES string of the molecule is CCCC(NC(C(=O)Nc1ccc(C)cc1[N+](=O)[O-])c1ccccc1)C(=O)O. The van der Waals surface area contributed by atoms with Gasteiger partial charge in [0.25, 0.3) is 5.69 Å². The lowest BCUT2D eigenvalue weighted by molar-refractivity contribution is -0.384. The number of carbonyl (C=O) groups is 2. The van der Waals surface area contributed by atoms with E-state index < -0.39 is 28.9 Å². The molecule has 8 nitrogen and oxygen atoms in total. The van der Waals surface area contributed by atoms with E-state index in [2.05, 4.69) is 10.6 Å². The molecule has 0 aliphatic carbocycles. The number of amides is 1. The van der Waals surface area contributed by atoms with E-state index >= 15 is 0 Å². The Kier molecular flexibility index (Phi) is 7.22. The molecule has 148 valence electrons. The Balaban J connectivity index is 2.34. The molecule has 0 fully saturated rings. The number of carboxylic acid groups (broad SMARTS) is 1. The summed E-state index contributed by atoms with van der Waals surface area (Å²) in [5, 5.41) is 26.2. The molecule has 2 rings (SSSR count). The van der Waals surface area contributed by atoms with Crippen molar-refractivity contribution in [2.45, 2.75) is 38.8 Å². The zero-order valence-electron chi connectivity index (χ0n) is 15.7. The second-order valence-corrected chi connectivity index (χ2v) is 6.46. The van der Waals surface area contributed by atoms with Gasteiger partial charge in [-0.25, -0.2) is 0 Å². The maximum Gasteiger partial charge on any atom is 0.320 e. The molecule has 28 heavy (non-hydrogen) atoms. The smallest absolute Gasteiger partial charge is 0.320 e. The number of carboxylic acids is 1. The summed E-state index contributed by atoms with van der Waals surface area (Å²) in [6.45, 7) is 3.57. The molecular weight excluding hydrogens is 362 g/mol. The predicted molar refractivity (Wildman–Crippen MR) is 105 cm³/mol. The predicted octanol–water partition coefficient (Wildman–Crippen LogP) is 3.43. The van der Waals surface area contributed by atoms with Gasteiger partial charge in [0.05, 0.1) is 4.92 Å². The molecule has 1 amide bonds. The Morgan fingerprint density at radius 2 is 1.86 bits per heavy atom. The normalized spacial score (nSPS) is 12.8. The van der Waals surface area contributed by atoms with Crippen molar-refractivity contribution in [3.8, 4) is 0 Å². The van der Waals surface area contributed by atoms with E-state index in [0.717, 1.165) is 0 Å². The van der Waals surface area contributed by atoms with E-state index in [1.807, 2.05) is 6.92 Å². The zero-order chi connectivity index (χ0) is 20.7. The van der Waals surface area contributed by atoms with Crippen LogP contribution >= 0.6 is 0 Å². The number of carbonyl (C=O) groups excluding carboxylic acids is 1. The first kappa shape index (κ1) is 21.0. The average Bonchev–Trinajstić information content (AvgIpc) is 2.66. The van der Waals surface area contributed by atoms with Crippen molar-refractivity contribution < 1.29 is 19.6 Å². The summed E-state index contributed by atoms with van der Waals surface area (Å²) in [6, 6.07) is 11.3. The van der Waals surface area contributed by atoms with E-state index in [1.54, 1.807) is 43.3 Å². The number of nitrogens with one attached hydrogen (secondary N) is 2. The molecule has 0 heterocycles. The summed E-state index contributed by atoms with van der Waals surface area (Å²) in [5.74, 6) is -1.63. The lowest BCUT2D eigenvalue weighted by Gasteiger charge is -2.23. The van der Waals surface area contributed by atoms with E-state index in [1.165, 1.54) is 12.1 Å². The van der Waals surface area contributed by atoms with Crippen LogP contribution in [0.5, 0.6) is 0 Å². The van der Waals surface area contributed by atoms with Gasteiger partial charge in [-0.1, -0.05) is 49.7 Å². The average molecular weight is 385 g/mol. The van der Waals surface area contributed by atoms with Gasteiger partial charge >= 0.3 is 5.97 Å². The van der Waals surface area contributed by atoms with Gasteiger partial charge in [0.15, 0.2) is 0 Å². The summed E-state index contributed by atoms with van der Waals surface area (Å²) in [6.07, 6.45) is 0.965. The number of benzene rings is 2. The number of nitro benzene ring substituents is 1. The molecule has 0 aromatic heterocycles. The molecule has 2 aromatic rings. The van der Waals surface area contributed by atoms with Crippen LogP contribution in [-0.4, -0.2) is 27.9 Å². The van der Waals surface area contributed by atoms with Gasteiger partial charge in [-0.15, -0.1) is 0 Å². The van der Waals surface area contributed by atoms with Crippen LogP contribution in [0.1, 0.15) is 36.9 Å². The summed E-state index contributed by atoms with van der Waals surface area (Å²) < 4.78 is 0. The molecular formula is C20H23N3O5. The van der Waals surface area contributed by atoms with E-state index in [0.29, 0.717) is 24.0 Å². The molecule has 2 aromatic carbocycles. The number of rotatable bonds is 9. The van der Waals surface area contributed by atoms with Crippen LogP contribution in [0.25, 0.3) is 0 Å². The quantitative estimate of drug-likeness (QED) is 0.449. The van der Waals surface area contributed by atoms with Crippen LogP contribution in [-0.2, 0) is 9.59 Å². The Hall–Kier alpha value is -3.26. The highest BCUT2D eigenvalue weighted by atomic mass is 16.6. The molecule has 2 atom stereocenters. The number of aliphatic carboxylic acids is 1. The van der Waals surface area contributed by atoms with E-state index in [-0.39, 0.29) is 11.4 Å². The Labute approximate surface area is 162 Å². The first-order valence-corrected chi connectivity index (χ1v) is 8.93. The number of anilines is 1. The number of nitro groups is 1. The fourth-order valence-corrected chi connectivity index (χ4v) is 2.84. The van der Waals surface area contributed by atoms with Crippen molar-refractivity contribution >= 4 is 23.3 Å². The molecule has 0 radical (unpaired) electrons. The Morgan fingerprint density at radius 1 is 1.18 bits per heavy atom. The zero-order valence-corrected chi connectivity index (χ0v) is 15.7. The third-order valence-corrected chi connectivity index (χ3v) is 4.25. The van der Waals surface area contributed by atoms with Gasteiger partial charge in [-0.2, -0.15) is 0 Å². The van der Waals surface area contributed by atoms with Gasteiger partial charge in [-0.3, -0.25) is 25.0 Å². The fraction of sp³-hybridized carbons (Fsp3) is 0.300. The second kappa shape index (κ2) is 9.61. The molecule has 0 aliphatic rings. The minimum atomic E-state index is -1.06. The largest absolute Gasteiger partial charge is 0.480 e. The maximum absolute atomic E-state index is 12.9. The number of aryl methyl sites for hydroxylation is 1. The van der Waals surface area contributed by atoms with Crippen LogP contribution < -0.4 is 10.6 Å². The monoisotopic (exact) mass is 385 g/mol. The van der Waals surface area contributed by atoms with Crippen LogP contribution in [0.15, 0.2) is 48.5 Å². The van der Waals surface area contributed by atoms with Gasteiger partial charge < -0.3 is 10.4 Å².